The Kier molecular flexibility index (Phi) is 9.42. The molecule has 11 aromatic carbocycles. The van der Waals surface area contributed by atoms with Crippen molar-refractivity contribution in [1.29, 1.82) is 0 Å². The Morgan fingerprint density at radius 1 is 0.302 bits per heavy atom. The number of hydrogen-bond donors (Lipinski definition) is 0. The second-order valence-corrected chi connectivity index (χ2v) is 25.3. The Morgan fingerprint density at radius 2 is 0.802 bits per heavy atom. The summed E-state index contributed by atoms with van der Waals surface area (Å²) in [7, 11) is 0. The van der Waals surface area contributed by atoms with Crippen LogP contribution in [-0.4, -0.2) is 41.8 Å². The van der Waals surface area contributed by atoms with Gasteiger partial charge in [0, 0.05) is 99.7 Å². The van der Waals surface area contributed by atoms with E-state index in [9.17, 15) is 0 Å². The van der Waals surface area contributed by atoms with Gasteiger partial charge in [-0.15, -0.1) is 0 Å². The zero-order chi connectivity index (χ0) is 57.4. The average molecular weight is 1100 g/mol. The van der Waals surface area contributed by atoms with Gasteiger partial charge in [0.15, 0.2) is 0 Å². The van der Waals surface area contributed by atoms with E-state index in [0.29, 0.717) is 0 Å². The molecule has 0 fully saturated rings. The van der Waals surface area contributed by atoms with Gasteiger partial charge in [-0.2, -0.15) is 0 Å². The minimum absolute atomic E-state index is 0.0643. The van der Waals surface area contributed by atoms with Gasteiger partial charge < -0.3 is 8.96 Å². The van der Waals surface area contributed by atoms with Gasteiger partial charge in [-0.25, -0.2) is 9.97 Å². The zero-order valence-corrected chi connectivity index (χ0v) is 49.3. The van der Waals surface area contributed by atoms with Crippen molar-refractivity contribution >= 4 is 155 Å². The number of pyridine rings is 2. The Morgan fingerprint density at radius 3 is 1.49 bits per heavy atom. The minimum atomic E-state index is -0.155. The molecule has 8 heterocycles. The van der Waals surface area contributed by atoms with Crippen LogP contribution in [0, 0.1) is 55.4 Å². The smallest absolute Gasteiger partial charge is 0.332 e. The third-order valence-electron chi connectivity index (χ3n) is 20.0. The summed E-state index contributed by atoms with van der Waals surface area (Å²) in [5, 5.41) is 17.3. The molecule has 6 aromatic heterocycles. The molecule has 6 nitrogen and oxygen atoms in total. The Bertz CT molecular complexity index is 5960. The first-order valence-corrected chi connectivity index (χ1v) is 30.4. The molecule has 404 valence electrons. The lowest BCUT2D eigenvalue weighted by molar-refractivity contribution is 1.14. The molecular weight excluding hydrogens is 1040 g/mol. The van der Waals surface area contributed by atoms with Gasteiger partial charge in [0.05, 0.1) is 11.0 Å². The van der Waals surface area contributed by atoms with E-state index < -0.39 is 0 Å². The van der Waals surface area contributed by atoms with Crippen LogP contribution in [0.1, 0.15) is 44.5 Å². The lowest BCUT2D eigenvalue weighted by Gasteiger charge is -2.29. The van der Waals surface area contributed by atoms with Crippen LogP contribution in [-0.2, 0) is 0 Å². The fraction of sp³-hybridized carbons (Fsp3) is 0.103. The number of aromatic nitrogens is 6. The molecule has 17 aromatic rings. The van der Waals surface area contributed by atoms with Crippen molar-refractivity contribution < 1.29 is 0 Å². The number of fused-ring (bicyclic) bond motifs is 22. The van der Waals surface area contributed by atoms with Crippen LogP contribution >= 0.6 is 0 Å². The fourth-order valence-electron chi connectivity index (χ4n) is 17.2. The predicted molar refractivity (Wildman–Crippen MR) is 366 cm³/mol. The first kappa shape index (κ1) is 48.2. The molecule has 0 spiro atoms. The number of aryl methyl sites for hydroxylation is 8. The maximum Gasteiger partial charge on any atom is 0.332 e. The van der Waals surface area contributed by atoms with Crippen molar-refractivity contribution in [3.8, 4) is 22.5 Å². The van der Waals surface area contributed by atoms with E-state index >= 15 is 0 Å². The number of rotatable bonds is 3. The minimum Gasteiger partial charge on any atom is -0.375 e. The molecule has 0 N–H and O–H groups in total. The highest BCUT2D eigenvalue weighted by Crippen LogP contribution is 2.47. The average Bonchev–Trinajstić information content (AvgIpc) is 1.63. The molecule has 86 heavy (non-hydrogen) atoms. The van der Waals surface area contributed by atoms with Gasteiger partial charge in [0.1, 0.15) is 11.3 Å². The van der Waals surface area contributed by atoms with Crippen LogP contribution < -0.4 is 21.9 Å². The van der Waals surface area contributed by atoms with Gasteiger partial charge >= 0.3 is 13.7 Å². The van der Waals surface area contributed by atoms with Crippen LogP contribution in [0.4, 0.5) is 0 Å². The molecule has 8 heteroatoms. The lowest BCUT2D eigenvalue weighted by atomic mass is 9.48. The van der Waals surface area contributed by atoms with Crippen LogP contribution in [0.3, 0.4) is 0 Å². The van der Waals surface area contributed by atoms with Crippen LogP contribution in [0.5, 0.6) is 0 Å². The highest BCUT2D eigenvalue weighted by Gasteiger charge is 2.40. The largest absolute Gasteiger partial charge is 0.375 e. The molecule has 19 rings (SSSR count). The molecule has 0 atom stereocenters. The van der Waals surface area contributed by atoms with Gasteiger partial charge in [0.2, 0.25) is 0 Å². The zero-order valence-electron chi connectivity index (χ0n) is 49.3. The normalized spacial score (nSPS) is 13.1. The first-order chi connectivity index (χ1) is 42.0. The first-order valence-electron chi connectivity index (χ1n) is 30.4. The Balaban J connectivity index is 0.865. The summed E-state index contributed by atoms with van der Waals surface area (Å²) in [4.78, 5) is 10.9. The Labute approximate surface area is 497 Å². The van der Waals surface area contributed by atoms with Crippen molar-refractivity contribution in [2.45, 2.75) is 55.4 Å². The molecule has 0 aliphatic carbocycles. The second-order valence-electron chi connectivity index (χ2n) is 25.3. The molecule has 0 bridgehead atoms. The third-order valence-corrected chi connectivity index (χ3v) is 20.0. The van der Waals surface area contributed by atoms with Crippen molar-refractivity contribution in [2.24, 2.45) is 0 Å². The lowest BCUT2D eigenvalue weighted by Crippen LogP contribution is -2.53. The monoisotopic (exact) mass is 1100 g/mol. The van der Waals surface area contributed by atoms with E-state index in [1.54, 1.807) is 0 Å². The van der Waals surface area contributed by atoms with Crippen LogP contribution in [0.15, 0.2) is 194 Å². The van der Waals surface area contributed by atoms with Gasteiger partial charge in [-0.05, 0) is 174 Å². The van der Waals surface area contributed by atoms with Crippen molar-refractivity contribution in [3.05, 3.63) is 239 Å². The molecule has 0 saturated carbocycles. The molecule has 0 radical (unpaired) electrons. The van der Waals surface area contributed by atoms with Crippen LogP contribution in [0.25, 0.3) is 142 Å². The van der Waals surface area contributed by atoms with Crippen LogP contribution in [0.2, 0.25) is 0 Å². The number of hydrogen-bond acceptors (Lipinski definition) is 2. The summed E-state index contributed by atoms with van der Waals surface area (Å²) in [5.41, 5.74) is 29.7. The molecule has 0 unspecified atom stereocenters. The molecule has 2 aliphatic rings. The topological polar surface area (TPSA) is 45.5 Å². The number of benzene rings is 11. The molecule has 2 aliphatic heterocycles. The SMILES string of the molecule is Cc1cc(C)c2c(c1)c1cc(C)cc(C)c1n2B1c2ccccc2-n2c3ncc4cc(-c5c(C)cc(C)c6c5c5cc(C)cc(C)c5n6B5c6ccccc6-n6c7ncc8ccccc8c7c7c8ccccc8cc5c76)ccc4c3c3cccc1c32. The molecule has 0 amide bonds. The van der Waals surface area contributed by atoms with E-state index in [0.717, 1.165) is 22.1 Å². The van der Waals surface area contributed by atoms with E-state index in [1.165, 1.54) is 187 Å². The van der Waals surface area contributed by atoms with Gasteiger partial charge in [-0.1, -0.05) is 162 Å². The molecular formula is C78H56B2N6. The van der Waals surface area contributed by atoms with E-state index in [2.05, 4.69) is 268 Å². The summed E-state index contributed by atoms with van der Waals surface area (Å²) in [6, 6.07) is 69.5. The highest BCUT2D eigenvalue weighted by atomic mass is 15.1. The second kappa shape index (κ2) is 16.8. The summed E-state index contributed by atoms with van der Waals surface area (Å²) in [5.74, 6) is 0. The van der Waals surface area contributed by atoms with Crippen molar-refractivity contribution in [3.63, 3.8) is 0 Å². The summed E-state index contributed by atoms with van der Waals surface area (Å²) in [6.45, 7) is 18.1. The van der Waals surface area contributed by atoms with E-state index in [4.69, 9.17) is 9.97 Å². The van der Waals surface area contributed by atoms with E-state index in [-0.39, 0.29) is 13.7 Å². The fourth-order valence-corrected chi connectivity index (χ4v) is 17.2. The van der Waals surface area contributed by atoms with Gasteiger partial charge in [0.25, 0.3) is 0 Å². The summed E-state index contributed by atoms with van der Waals surface area (Å²) >= 11 is 0. The summed E-state index contributed by atoms with van der Waals surface area (Å²) in [6.07, 6.45) is 4.20. The standard InChI is InChI=1S/C78H56B2N6/c1-41-30-45(5)71-57(33-41)58-34-42(2)31-46(6)72(58)85(71)79-60-23-13-15-26-64(60)83-75-56(22-17-25-62(75)79)67-55-29-28-50(37-52(55)40-82-77(67)83)66-44(4)36-48(8)74-69(66)59-35-43(3)32-47(7)73(59)86(74)80-61-24-14-16-27-65(61)84-76-63(80)38-49-18-9-11-20-53(49)68(76)70-54-21-12-10-19-51(54)39-81-78(70)84/h9-40H,1-8H3. The highest BCUT2D eigenvalue weighted by molar-refractivity contribution is 6.89. The van der Waals surface area contributed by atoms with Crippen molar-refractivity contribution in [2.75, 3.05) is 0 Å². The van der Waals surface area contributed by atoms with Gasteiger partial charge in [-0.3, -0.25) is 9.13 Å². The quantitative estimate of drug-likeness (QED) is 0.166. The Hall–Kier alpha value is -10.2. The maximum atomic E-state index is 5.56. The van der Waals surface area contributed by atoms with E-state index in [1.807, 2.05) is 0 Å². The van der Waals surface area contributed by atoms with Crippen molar-refractivity contribution in [1.82, 2.24) is 28.1 Å². The third kappa shape index (κ3) is 6.03. The molecule has 0 saturated heterocycles. The number of nitrogens with zero attached hydrogens (tertiary/aromatic N) is 6. The number of para-hydroxylation sites is 3. The maximum absolute atomic E-state index is 5.56. The summed E-state index contributed by atoms with van der Waals surface area (Å²) < 4.78 is 10.4. The predicted octanol–water partition coefficient (Wildman–Crippen LogP) is 16.4.